The van der Waals surface area contributed by atoms with E-state index in [-0.39, 0.29) is 0 Å². The van der Waals surface area contributed by atoms with Crippen molar-refractivity contribution < 1.29 is 0 Å². The van der Waals surface area contributed by atoms with E-state index in [4.69, 9.17) is 0 Å². The minimum Gasteiger partial charge on any atom is -0.150 e. The third kappa shape index (κ3) is 2.64. The zero-order chi connectivity index (χ0) is 15.1. The van der Waals surface area contributed by atoms with Crippen molar-refractivity contribution >= 4 is 7.56 Å². The number of hydrogen-bond donors (Lipinski definition) is 0. The summed E-state index contributed by atoms with van der Waals surface area (Å²) >= 11 is 0. The van der Waals surface area contributed by atoms with Crippen molar-refractivity contribution in [3.63, 3.8) is 0 Å². The van der Waals surface area contributed by atoms with Crippen molar-refractivity contribution in [2.45, 2.75) is 93.4 Å². The predicted octanol–water partition coefficient (Wildman–Crippen LogP) is 5.34. The smallest absolute Gasteiger partial charge is 0.150 e. The third-order valence-corrected chi connectivity index (χ3v) is 9.70. The highest BCUT2D eigenvalue weighted by atomic mass is 31.2. The summed E-state index contributed by atoms with van der Waals surface area (Å²) in [7, 11) is -1.32. The molecule has 1 aliphatic rings. The topological polar surface area (TPSA) is 6.48 Å². The molecule has 1 heterocycles. The van der Waals surface area contributed by atoms with Gasteiger partial charge in [-0.2, -0.15) is 0 Å². The van der Waals surface area contributed by atoms with Gasteiger partial charge in [0.15, 0.2) is 0 Å². The largest absolute Gasteiger partial charge is 0.218 e. The van der Waals surface area contributed by atoms with Crippen molar-refractivity contribution in [1.82, 2.24) is 9.34 Å². The normalized spacial score (nSPS) is 18.9. The first kappa shape index (κ1) is 17.1. The molecule has 0 atom stereocenters. The van der Waals surface area contributed by atoms with Gasteiger partial charge in [-0.3, -0.25) is 0 Å². The van der Waals surface area contributed by atoms with Crippen LogP contribution in [0.25, 0.3) is 0 Å². The Hall–Kier alpha value is 0.0900. The molecule has 0 saturated carbocycles. The van der Waals surface area contributed by atoms with Crippen LogP contribution >= 0.6 is 7.56 Å². The average Bonchev–Trinajstić information content (AvgIpc) is 2.69. The first-order chi connectivity index (χ1) is 8.59. The number of hydrogen-bond acceptors (Lipinski definition) is 2. The molecule has 2 nitrogen and oxygen atoms in total. The van der Waals surface area contributed by atoms with E-state index >= 15 is 0 Å². The van der Waals surface area contributed by atoms with E-state index < -0.39 is 7.56 Å². The van der Waals surface area contributed by atoms with Gasteiger partial charge in [0, 0.05) is 38.0 Å². The maximum absolute atomic E-state index is 2.79. The first-order valence-corrected chi connectivity index (χ1v) is 9.44. The zero-order valence-corrected chi connectivity index (χ0v) is 15.5. The molecule has 0 unspecified atom stereocenters. The molecule has 0 N–H and O–H groups in total. The van der Waals surface area contributed by atoms with Crippen LogP contribution in [-0.2, 0) is 0 Å². The fourth-order valence-electron chi connectivity index (χ4n) is 3.81. The van der Waals surface area contributed by atoms with Gasteiger partial charge in [-0.15, -0.1) is 9.34 Å². The summed E-state index contributed by atoms with van der Waals surface area (Å²) in [5.41, 5.74) is 0. The van der Waals surface area contributed by atoms with E-state index in [0.29, 0.717) is 24.2 Å². The molecule has 0 aromatic rings. The molecule has 0 aromatic heterocycles. The number of allylic oxidation sites excluding steroid dienone is 2. The highest BCUT2D eigenvalue weighted by Gasteiger charge is 2.70. The summed E-state index contributed by atoms with van der Waals surface area (Å²) in [4.78, 5) is 0. The van der Waals surface area contributed by atoms with Crippen LogP contribution in [0.15, 0.2) is 10.6 Å². The Morgan fingerprint density at radius 2 is 0.789 bits per heavy atom. The second-order valence-corrected chi connectivity index (χ2v) is 10.4. The van der Waals surface area contributed by atoms with Gasteiger partial charge in [0.2, 0.25) is 7.56 Å². The van der Waals surface area contributed by atoms with Crippen LogP contribution in [0.4, 0.5) is 0 Å². The van der Waals surface area contributed by atoms with Crippen LogP contribution in [-0.4, -0.2) is 33.5 Å². The lowest BCUT2D eigenvalue weighted by Crippen LogP contribution is -2.44. The Morgan fingerprint density at radius 3 is 0.895 bits per heavy atom. The van der Waals surface area contributed by atoms with Crippen LogP contribution < -0.4 is 0 Å². The van der Waals surface area contributed by atoms with E-state index in [1.165, 1.54) is 0 Å². The number of nitrogens with zero attached hydrogens (tertiary/aromatic N) is 2. The van der Waals surface area contributed by atoms with Crippen molar-refractivity contribution in [1.29, 1.82) is 0 Å². The van der Waals surface area contributed by atoms with Gasteiger partial charge in [-0.05, 0) is 55.4 Å². The molecule has 0 saturated heterocycles. The SMILES string of the molecule is CC1=C(C)[P+]1(N(C(C)C)C(C)C)N(C(C)C)C(C)C. The van der Waals surface area contributed by atoms with E-state index in [1.807, 2.05) is 0 Å². The van der Waals surface area contributed by atoms with Crippen molar-refractivity contribution in [3.05, 3.63) is 10.6 Å². The summed E-state index contributed by atoms with van der Waals surface area (Å²) in [5, 5.41) is 3.33. The van der Waals surface area contributed by atoms with E-state index in [1.54, 1.807) is 10.6 Å². The predicted molar refractivity (Wildman–Crippen MR) is 89.5 cm³/mol. The molecule has 1 aliphatic heterocycles. The minimum absolute atomic E-state index is 0.598. The van der Waals surface area contributed by atoms with Gasteiger partial charge in [0.25, 0.3) is 0 Å². The second-order valence-electron chi connectivity index (χ2n) is 6.91. The monoisotopic (exact) mass is 285 g/mol. The highest BCUT2D eigenvalue weighted by molar-refractivity contribution is 7.86. The van der Waals surface area contributed by atoms with E-state index in [9.17, 15) is 0 Å². The summed E-state index contributed by atoms with van der Waals surface area (Å²) in [6.45, 7) is 23.5. The molecule has 0 fully saturated rings. The standard InChI is InChI=1S/C16H34N2P/c1-11(2)17(12(3)4)19(15(9)16(19)10)18(13(5)6)14(7)8/h11-14H,1-10H3/q+1. The van der Waals surface area contributed by atoms with Crippen molar-refractivity contribution in [2.24, 2.45) is 0 Å². The van der Waals surface area contributed by atoms with Gasteiger partial charge in [-0.1, -0.05) is 0 Å². The fourth-order valence-corrected chi connectivity index (χ4v) is 9.31. The van der Waals surface area contributed by atoms with Crippen LogP contribution in [0.1, 0.15) is 69.2 Å². The van der Waals surface area contributed by atoms with Crippen LogP contribution in [0.2, 0.25) is 0 Å². The Balaban J connectivity index is 3.26. The second kappa shape index (κ2) is 5.84. The molecule has 19 heavy (non-hydrogen) atoms. The van der Waals surface area contributed by atoms with Gasteiger partial charge in [0.1, 0.15) is 10.6 Å². The van der Waals surface area contributed by atoms with Gasteiger partial charge in [0.05, 0.1) is 0 Å². The van der Waals surface area contributed by atoms with Crippen molar-refractivity contribution in [2.75, 3.05) is 0 Å². The van der Waals surface area contributed by atoms with E-state index in [0.717, 1.165) is 0 Å². The first-order valence-electron chi connectivity index (χ1n) is 7.75. The van der Waals surface area contributed by atoms with Gasteiger partial charge < -0.3 is 0 Å². The molecule has 0 bridgehead atoms. The maximum atomic E-state index is 2.79. The lowest BCUT2D eigenvalue weighted by atomic mass is 10.3. The Kier molecular flexibility index (Phi) is 5.26. The van der Waals surface area contributed by atoms with Crippen LogP contribution in [0, 0.1) is 0 Å². The van der Waals surface area contributed by atoms with Crippen LogP contribution in [0.5, 0.6) is 0 Å². The molecule has 1 rings (SSSR count). The molecule has 0 amide bonds. The highest BCUT2D eigenvalue weighted by Crippen LogP contribution is 2.90. The van der Waals surface area contributed by atoms with Gasteiger partial charge >= 0.3 is 0 Å². The van der Waals surface area contributed by atoms with Crippen LogP contribution in [0.3, 0.4) is 0 Å². The average molecular weight is 285 g/mol. The summed E-state index contributed by atoms with van der Waals surface area (Å²) in [5.74, 6) is 0. The maximum Gasteiger partial charge on any atom is 0.218 e. The molecule has 0 radical (unpaired) electrons. The summed E-state index contributed by atoms with van der Waals surface area (Å²) in [6.07, 6.45) is 0. The lowest BCUT2D eigenvalue weighted by molar-refractivity contribution is 0.254. The molecule has 0 aliphatic carbocycles. The molecule has 0 spiro atoms. The molecular weight excluding hydrogens is 251 g/mol. The Labute approximate surface area is 121 Å². The molecular formula is C16H34N2P+. The Bertz CT molecular complexity index is 306. The fraction of sp³-hybridized carbons (Fsp3) is 0.875. The lowest BCUT2D eigenvalue weighted by Gasteiger charge is -2.42. The minimum atomic E-state index is -1.32. The molecule has 3 heteroatoms. The van der Waals surface area contributed by atoms with Gasteiger partial charge in [-0.25, -0.2) is 0 Å². The quantitative estimate of drug-likeness (QED) is 0.608. The number of rotatable bonds is 6. The summed E-state index contributed by atoms with van der Waals surface area (Å²) in [6, 6.07) is 2.39. The van der Waals surface area contributed by atoms with E-state index in [2.05, 4.69) is 78.6 Å². The molecule has 112 valence electrons. The Morgan fingerprint density at radius 1 is 0.579 bits per heavy atom. The van der Waals surface area contributed by atoms with Crippen molar-refractivity contribution in [3.8, 4) is 0 Å². The third-order valence-electron chi connectivity index (χ3n) is 4.19. The summed E-state index contributed by atoms with van der Waals surface area (Å²) < 4.78 is 5.58. The zero-order valence-electron chi connectivity index (χ0n) is 14.7. The molecule has 0 aromatic carbocycles.